The molecule has 6 nitrogen and oxygen atoms in total. The lowest BCUT2D eigenvalue weighted by atomic mass is 10.1. The van der Waals surface area contributed by atoms with E-state index in [2.05, 4.69) is 5.32 Å². The van der Waals surface area contributed by atoms with E-state index in [1.807, 2.05) is 30.3 Å². The van der Waals surface area contributed by atoms with Gasteiger partial charge in [-0.2, -0.15) is 0 Å². The van der Waals surface area contributed by atoms with Crippen LogP contribution in [0.5, 0.6) is 0 Å². The molecule has 0 aromatic heterocycles. The summed E-state index contributed by atoms with van der Waals surface area (Å²) >= 11 is 0. The molecule has 0 aliphatic rings. The van der Waals surface area contributed by atoms with E-state index in [9.17, 15) is 14.7 Å². The third-order valence-corrected chi connectivity index (χ3v) is 3.53. The average Bonchev–Trinajstić information content (AvgIpc) is 2.51. The SMILES string of the molecule is CC(C(=O)NC(CO)Cc1ccccc1)N(C)C(=O)OC(C)(C)C. The van der Waals surface area contributed by atoms with Crippen molar-refractivity contribution in [2.45, 2.75) is 51.8 Å². The summed E-state index contributed by atoms with van der Waals surface area (Å²) in [6, 6.07) is 8.48. The molecule has 1 aromatic rings. The largest absolute Gasteiger partial charge is 0.444 e. The highest BCUT2D eigenvalue weighted by Crippen LogP contribution is 2.11. The molecule has 0 aliphatic carbocycles. The average molecular weight is 336 g/mol. The Balaban J connectivity index is 2.62. The molecule has 0 saturated heterocycles. The summed E-state index contributed by atoms with van der Waals surface area (Å²) in [5, 5.41) is 12.3. The highest BCUT2D eigenvalue weighted by Gasteiger charge is 2.27. The second-order valence-electron chi connectivity index (χ2n) is 6.85. The van der Waals surface area contributed by atoms with Gasteiger partial charge in [-0.25, -0.2) is 4.79 Å². The highest BCUT2D eigenvalue weighted by molar-refractivity contribution is 5.85. The van der Waals surface area contributed by atoms with Crippen LogP contribution >= 0.6 is 0 Å². The molecular formula is C18H28N2O4. The summed E-state index contributed by atoms with van der Waals surface area (Å²) in [6.07, 6.45) is -0.0415. The number of aliphatic hydroxyl groups is 1. The summed E-state index contributed by atoms with van der Waals surface area (Å²) in [5.41, 5.74) is 0.396. The van der Waals surface area contributed by atoms with E-state index >= 15 is 0 Å². The number of hydrogen-bond acceptors (Lipinski definition) is 4. The van der Waals surface area contributed by atoms with Crippen LogP contribution in [0.4, 0.5) is 4.79 Å². The number of likely N-dealkylation sites (N-methyl/N-ethyl adjacent to an activating group) is 1. The molecule has 2 atom stereocenters. The minimum absolute atomic E-state index is 0.177. The van der Waals surface area contributed by atoms with Crippen LogP contribution in [0.15, 0.2) is 30.3 Å². The van der Waals surface area contributed by atoms with Crippen LogP contribution in [0.2, 0.25) is 0 Å². The number of carbonyl (C=O) groups excluding carboxylic acids is 2. The van der Waals surface area contributed by atoms with Crippen molar-refractivity contribution in [3.8, 4) is 0 Å². The van der Waals surface area contributed by atoms with Crippen molar-refractivity contribution < 1.29 is 19.4 Å². The van der Waals surface area contributed by atoms with Gasteiger partial charge in [0, 0.05) is 7.05 Å². The van der Waals surface area contributed by atoms with Crippen molar-refractivity contribution in [3.05, 3.63) is 35.9 Å². The van der Waals surface area contributed by atoms with Crippen LogP contribution in [0, 0.1) is 0 Å². The number of aliphatic hydroxyl groups excluding tert-OH is 1. The van der Waals surface area contributed by atoms with Gasteiger partial charge in [0.2, 0.25) is 5.91 Å². The van der Waals surface area contributed by atoms with Crippen LogP contribution in [0.25, 0.3) is 0 Å². The van der Waals surface area contributed by atoms with Crippen molar-refractivity contribution in [2.24, 2.45) is 0 Å². The summed E-state index contributed by atoms with van der Waals surface area (Å²) in [5.74, 6) is -0.335. The second kappa shape index (κ2) is 8.68. The summed E-state index contributed by atoms with van der Waals surface area (Å²) in [6.45, 7) is 6.75. The van der Waals surface area contributed by atoms with Crippen LogP contribution in [0.1, 0.15) is 33.3 Å². The predicted molar refractivity (Wildman–Crippen MR) is 92.6 cm³/mol. The van der Waals surface area contributed by atoms with Gasteiger partial charge in [0.1, 0.15) is 11.6 Å². The maximum absolute atomic E-state index is 12.3. The number of hydrogen-bond donors (Lipinski definition) is 2. The van der Waals surface area contributed by atoms with Crippen molar-refractivity contribution >= 4 is 12.0 Å². The lowest BCUT2D eigenvalue weighted by Gasteiger charge is -2.29. The topological polar surface area (TPSA) is 78.9 Å². The van der Waals surface area contributed by atoms with Crippen molar-refractivity contribution in [1.82, 2.24) is 10.2 Å². The predicted octanol–water partition coefficient (Wildman–Crippen LogP) is 1.96. The Kier molecular flexibility index (Phi) is 7.22. The summed E-state index contributed by atoms with van der Waals surface area (Å²) in [4.78, 5) is 25.6. The van der Waals surface area contributed by atoms with Crippen LogP contribution in [-0.2, 0) is 16.0 Å². The third kappa shape index (κ3) is 6.58. The summed E-state index contributed by atoms with van der Waals surface area (Å²) in [7, 11) is 1.52. The molecular weight excluding hydrogens is 308 g/mol. The quantitative estimate of drug-likeness (QED) is 0.832. The van der Waals surface area contributed by atoms with E-state index in [1.54, 1.807) is 27.7 Å². The monoisotopic (exact) mass is 336 g/mol. The van der Waals surface area contributed by atoms with E-state index in [0.717, 1.165) is 5.56 Å². The Bertz CT molecular complexity index is 540. The van der Waals surface area contributed by atoms with Gasteiger partial charge in [0.15, 0.2) is 0 Å². The van der Waals surface area contributed by atoms with Gasteiger partial charge in [-0.15, -0.1) is 0 Å². The van der Waals surface area contributed by atoms with E-state index in [0.29, 0.717) is 6.42 Å². The van der Waals surface area contributed by atoms with Crippen molar-refractivity contribution in [1.29, 1.82) is 0 Å². The Hall–Kier alpha value is -2.08. The Morgan fingerprint density at radius 1 is 1.25 bits per heavy atom. The first-order valence-corrected chi connectivity index (χ1v) is 8.05. The fourth-order valence-electron chi connectivity index (χ4n) is 2.05. The molecule has 2 N–H and O–H groups in total. The van der Waals surface area contributed by atoms with Crippen LogP contribution in [0.3, 0.4) is 0 Å². The minimum atomic E-state index is -0.704. The van der Waals surface area contributed by atoms with Crippen LogP contribution in [-0.4, -0.2) is 53.3 Å². The van der Waals surface area contributed by atoms with Crippen molar-refractivity contribution in [3.63, 3.8) is 0 Å². The van der Waals surface area contributed by atoms with E-state index < -0.39 is 23.8 Å². The molecule has 1 aromatic carbocycles. The molecule has 0 heterocycles. The zero-order chi connectivity index (χ0) is 18.3. The molecule has 1 rings (SSSR count). The number of benzene rings is 1. The van der Waals surface area contributed by atoms with Gasteiger partial charge in [-0.3, -0.25) is 9.69 Å². The van der Waals surface area contributed by atoms with Gasteiger partial charge >= 0.3 is 6.09 Å². The molecule has 0 spiro atoms. The smallest absolute Gasteiger partial charge is 0.410 e. The molecule has 2 unspecified atom stereocenters. The molecule has 0 radical (unpaired) electrons. The number of carbonyl (C=O) groups is 2. The first-order chi connectivity index (χ1) is 11.1. The first-order valence-electron chi connectivity index (χ1n) is 8.05. The molecule has 0 saturated carbocycles. The molecule has 24 heavy (non-hydrogen) atoms. The molecule has 0 fully saturated rings. The first kappa shape index (κ1) is 20.0. The second-order valence-corrected chi connectivity index (χ2v) is 6.85. The fraction of sp³-hybridized carbons (Fsp3) is 0.556. The van der Waals surface area contributed by atoms with E-state index in [4.69, 9.17) is 4.74 Å². The van der Waals surface area contributed by atoms with Gasteiger partial charge in [-0.1, -0.05) is 30.3 Å². The maximum atomic E-state index is 12.3. The Morgan fingerprint density at radius 2 is 1.83 bits per heavy atom. The third-order valence-electron chi connectivity index (χ3n) is 3.53. The maximum Gasteiger partial charge on any atom is 0.410 e. The standard InChI is InChI=1S/C18H28N2O4/c1-13(20(5)17(23)24-18(2,3)4)16(22)19-15(12-21)11-14-9-7-6-8-10-14/h6-10,13,15,21H,11-12H2,1-5H3,(H,19,22). The van der Waals surface area contributed by atoms with Gasteiger partial charge in [0.05, 0.1) is 12.6 Å². The van der Waals surface area contributed by atoms with Gasteiger partial charge < -0.3 is 15.2 Å². The number of nitrogens with zero attached hydrogens (tertiary/aromatic N) is 1. The molecule has 6 heteroatoms. The normalized spacial score (nSPS) is 13.8. The minimum Gasteiger partial charge on any atom is -0.444 e. The highest BCUT2D eigenvalue weighted by atomic mass is 16.6. The van der Waals surface area contributed by atoms with E-state index in [1.165, 1.54) is 11.9 Å². The van der Waals surface area contributed by atoms with Gasteiger partial charge in [-0.05, 0) is 39.7 Å². The Morgan fingerprint density at radius 3 is 2.33 bits per heavy atom. The Labute approximate surface area is 143 Å². The summed E-state index contributed by atoms with van der Waals surface area (Å²) < 4.78 is 5.26. The zero-order valence-corrected chi connectivity index (χ0v) is 15.1. The number of rotatable bonds is 6. The van der Waals surface area contributed by atoms with Crippen molar-refractivity contribution in [2.75, 3.05) is 13.7 Å². The van der Waals surface area contributed by atoms with E-state index in [-0.39, 0.29) is 12.5 Å². The fourth-order valence-corrected chi connectivity index (χ4v) is 2.05. The lowest BCUT2D eigenvalue weighted by molar-refractivity contribution is -0.126. The number of amides is 2. The number of ether oxygens (including phenoxy) is 1. The zero-order valence-electron chi connectivity index (χ0n) is 15.1. The molecule has 0 bridgehead atoms. The van der Waals surface area contributed by atoms with Crippen LogP contribution < -0.4 is 5.32 Å². The lowest BCUT2D eigenvalue weighted by Crippen LogP contribution is -2.51. The molecule has 2 amide bonds. The molecule has 0 aliphatic heterocycles. The number of nitrogens with one attached hydrogen (secondary N) is 1. The van der Waals surface area contributed by atoms with Gasteiger partial charge in [0.25, 0.3) is 0 Å². The molecule has 134 valence electrons.